The van der Waals surface area contributed by atoms with E-state index in [1.54, 1.807) is 7.11 Å². The minimum Gasteiger partial charge on any atom is -0.469 e. The second-order valence-corrected chi connectivity index (χ2v) is 4.86. The van der Waals surface area contributed by atoms with E-state index in [9.17, 15) is 4.79 Å². The van der Waals surface area contributed by atoms with Gasteiger partial charge in [0.25, 0.3) is 0 Å². The summed E-state index contributed by atoms with van der Waals surface area (Å²) in [6.45, 7) is 5.94. The summed E-state index contributed by atoms with van der Waals surface area (Å²) in [5.74, 6) is 0.000426. The van der Waals surface area contributed by atoms with Crippen molar-refractivity contribution in [1.29, 1.82) is 0 Å². The average molecular weight is 289 g/mol. The molecule has 1 aliphatic rings. The summed E-state index contributed by atoms with van der Waals surface area (Å²) in [5, 5.41) is 0. The van der Waals surface area contributed by atoms with E-state index in [2.05, 4.69) is 4.90 Å². The average Bonchev–Trinajstić information content (AvgIpc) is 2.50. The first-order chi connectivity index (χ1) is 9.77. The van der Waals surface area contributed by atoms with E-state index in [1.165, 1.54) is 7.11 Å². The van der Waals surface area contributed by atoms with Gasteiger partial charge in [0.2, 0.25) is 0 Å². The van der Waals surface area contributed by atoms with Crippen molar-refractivity contribution in [2.24, 2.45) is 5.92 Å². The van der Waals surface area contributed by atoms with Crippen LogP contribution in [0.15, 0.2) is 0 Å². The number of carbonyl (C=O) groups is 1. The molecule has 1 rings (SSSR count). The van der Waals surface area contributed by atoms with Gasteiger partial charge in [0.1, 0.15) is 0 Å². The number of carbonyl (C=O) groups excluding carboxylic acids is 1. The van der Waals surface area contributed by atoms with Crippen molar-refractivity contribution in [2.75, 3.05) is 66.9 Å². The van der Waals surface area contributed by atoms with Crippen LogP contribution in [0.2, 0.25) is 0 Å². The van der Waals surface area contributed by atoms with Crippen LogP contribution in [0, 0.1) is 5.92 Å². The first-order valence-corrected chi connectivity index (χ1v) is 7.22. The van der Waals surface area contributed by atoms with Crippen LogP contribution in [-0.2, 0) is 23.7 Å². The minimum atomic E-state index is -0.0749. The zero-order valence-corrected chi connectivity index (χ0v) is 12.6. The maximum absolute atomic E-state index is 11.4. The summed E-state index contributed by atoms with van der Waals surface area (Å²) >= 11 is 0. The number of hydrogen-bond acceptors (Lipinski definition) is 6. The Morgan fingerprint density at radius 2 is 1.60 bits per heavy atom. The van der Waals surface area contributed by atoms with E-state index in [4.69, 9.17) is 18.9 Å². The van der Waals surface area contributed by atoms with Gasteiger partial charge in [-0.15, -0.1) is 0 Å². The van der Waals surface area contributed by atoms with Crippen LogP contribution in [0.3, 0.4) is 0 Å². The van der Waals surface area contributed by atoms with Gasteiger partial charge < -0.3 is 23.8 Å². The number of nitrogens with zero attached hydrogens (tertiary/aromatic N) is 1. The van der Waals surface area contributed by atoms with Crippen molar-refractivity contribution in [3.63, 3.8) is 0 Å². The van der Waals surface area contributed by atoms with Crippen molar-refractivity contribution in [1.82, 2.24) is 4.90 Å². The number of hydrogen-bond donors (Lipinski definition) is 0. The van der Waals surface area contributed by atoms with Gasteiger partial charge in [0.15, 0.2) is 0 Å². The van der Waals surface area contributed by atoms with Crippen molar-refractivity contribution >= 4 is 5.97 Å². The zero-order chi connectivity index (χ0) is 14.6. The second-order valence-electron chi connectivity index (χ2n) is 4.86. The molecule has 1 saturated heterocycles. The predicted molar refractivity (Wildman–Crippen MR) is 74.7 cm³/mol. The van der Waals surface area contributed by atoms with Gasteiger partial charge in [0.05, 0.1) is 46.1 Å². The van der Waals surface area contributed by atoms with Crippen molar-refractivity contribution in [3.8, 4) is 0 Å². The van der Waals surface area contributed by atoms with Gasteiger partial charge in [-0.05, 0) is 25.9 Å². The van der Waals surface area contributed by atoms with Crippen LogP contribution in [-0.4, -0.2) is 77.8 Å². The molecule has 0 atom stereocenters. The lowest BCUT2D eigenvalue weighted by molar-refractivity contribution is -0.147. The van der Waals surface area contributed by atoms with Gasteiger partial charge in [0, 0.05) is 13.7 Å². The monoisotopic (exact) mass is 289 g/mol. The molecule has 0 unspecified atom stereocenters. The number of methoxy groups -OCH3 is 2. The minimum absolute atomic E-state index is 0.0749. The molecule has 20 heavy (non-hydrogen) atoms. The Kier molecular flexibility index (Phi) is 9.57. The third kappa shape index (κ3) is 7.19. The lowest BCUT2D eigenvalue weighted by atomic mass is 9.97. The molecule has 0 aliphatic carbocycles. The number of likely N-dealkylation sites (tertiary alicyclic amines) is 1. The molecular weight excluding hydrogens is 262 g/mol. The summed E-state index contributed by atoms with van der Waals surface area (Å²) < 4.78 is 20.5. The van der Waals surface area contributed by atoms with Crippen LogP contribution in [0.5, 0.6) is 0 Å². The Morgan fingerprint density at radius 1 is 1.00 bits per heavy atom. The largest absolute Gasteiger partial charge is 0.469 e. The Labute approximate surface area is 121 Å². The highest BCUT2D eigenvalue weighted by atomic mass is 16.5. The van der Waals surface area contributed by atoms with Gasteiger partial charge in [-0.25, -0.2) is 0 Å². The van der Waals surface area contributed by atoms with Crippen LogP contribution in [0.4, 0.5) is 0 Å². The predicted octanol–water partition coefficient (Wildman–Crippen LogP) is 0.551. The molecule has 1 heterocycles. The third-order valence-electron chi connectivity index (χ3n) is 3.48. The summed E-state index contributed by atoms with van der Waals surface area (Å²) in [6.07, 6.45) is 1.76. The van der Waals surface area contributed by atoms with Crippen molar-refractivity contribution in [3.05, 3.63) is 0 Å². The second kappa shape index (κ2) is 11.0. The molecule has 0 amide bonds. The quantitative estimate of drug-likeness (QED) is 0.432. The van der Waals surface area contributed by atoms with Gasteiger partial charge in [-0.3, -0.25) is 4.79 Å². The van der Waals surface area contributed by atoms with Gasteiger partial charge in [-0.1, -0.05) is 0 Å². The van der Waals surface area contributed by atoms with Gasteiger partial charge >= 0.3 is 5.97 Å². The molecule has 0 aromatic heterocycles. The van der Waals surface area contributed by atoms with E-state index in [1.807, 2.05) is 0 Å². The lowest BCUT2D eigenvalue weighted by Gasteiger charge is -2.30. The normalized spacial score (nSPS) is 17.3. The van der Waals surface area contributed by atoms with Gasteiger partial charge in [-0.2, -0.15) is 0 Å². The van der Waals surface area contributed by atoms with E-state index in [0.29, 0.717) is 33.0 Å². The molecule has 0 radical (unpaired) electrons. The van der Waals surface area contributed by atoms with Crippen LogP contribution < -0.4 is 0 Å². The fourth-order valence-corrected chi connectivity index (χ4v) is 2.22. The summed E-state index contributed by atoms with van der Waals surface area (Å²) in [6, 6.07) is 0. The van der Waals surface area contributed by atoms with E-state index in [0.717, 1.165) is 32.5 Å². The molecule has 0 aromatic rings. The molecule has 0 N–H and O–H groups in total. The topological polar surface area (TPSA) is 57.2 Å². The highest BCUT2D eigenvalue weighted by Crippen LogP contribution is 2.17. The summed E-state index contributed by atoms with van der Waals surface area (Å²) in [7, 11) is 3.11. The number of piperidine rings is 1. The summed E-state index contributed by atoms with van der Waals surface area (Å²) in [4.78, 5) is 13.7. The maximum Gasteiger partial charge on any atom is 0.308 e. The maximum atomic E-state index is 11.4. The zero-order valence-electron chi connectivity index (χ0n) is 12.6. The highest BCUT2D eigenvalue weighted by Gasteiger charge is 2.25. The number of rotatable bonds is 10. The molecule has 6 nitrogen and oxygen atoms in total. The van der Waals surface area contributed by atoms with Crippen LogP contribution in [0.25, 0.3) is 0 Å². The number of ether oxygens (including phenoxy) is 4. The number of esters is 1. The molecule has 0 bridgehead atoms. The van der Waals surface area contributed by atoms with E-state index in [-0.39, 0.29) is 11.9 Å². The lowest BCUT2D eigenvalue weighted by Crippen LogP contribution is -2.38. The molecule has 0 aromatic carbocycles. The molecule has 0 spiro atoms. The Morgan fingerprint density at radius 3 is 2.20 bits per heavy atom. The Balaban J connectivity index is 1.93. The van der Waals surface area contributed by atoms with Crippen molar-refractivity contribution in [2.45, 2.75) is 12.8 Å². The van der Waals surface area contributed by atoms with Crippen LogP contribution >= 0.6 is 0 Å². The smallest absolute Gasteiger partial charge is 0.308 e. The first kappa shape index (κ1) is 17.4. The molecular formula is C14H27NO5. The fraction of sp³-hybridized carbons (Fsp3) is 0.929. The van der Waals surface area contributed by atoms with E-state index >= 15 is 0 Å². The van der Waals surface area contributed by atoms with Crippen molar-refractivity contribution < 1.29 is 23.7 Å². The first-order valence-electron chi connectivity index (χ1n) is 7.22. The molecule has 0 saturated carbocycles. The summed E-state index contributed by atoms with van der Waals surface area (Å²) in [5.41, 5.74) is 0. The Bertz CT molecular complexity index is 254. The van der Waals surface area contributed by atoms with Crippen LogP contribution in [0.1, 0.15) is 12.8 Å². The standard InChI is InChI=1S/C14H27NO5/c1-17-9-10-20-12-11-19-8-7-15-5-3-13(4-6-15)14(16)18-2/h13H,3-12H2,1-2H3. The van der Waals surface area contributed by atoms with E-state index < -0.39 is 0 Å². The highest BCUT2D eigenvalue weighted by molar-refractivity contribution is 5.72. The Hall–Kier alpha value is -0.690. The fourth-order valence-electron chi connectivity index (χ4n) is 2.22. The molecule has 6 heteroatoms. The SMILES string of the molecule is COCCOCCOCCN1CCC(C(=O)OC)CC1. The molecule has 1 aliphatic heterocycles. The molecule has 1 fully saturated rings. The molecule has 118 valence electrons. The third-order valence-corrected chi connectivity index (χ3v) is 3.48.